The molecule has 0 fully saturated rings. The second-order valence-electron chi connectivity index (χ2n) is 4.24. The molecular weight excluding hydrogens is 245 g/mol. The van der Waals surface area contributed by atoms with Crippen molar-refractivity contribution in [3.05, 3.63) is 42.5 Å². The maximum atomic E-state index is 13.3. The van der Waals surface area contributed by atoms with E-state index in [1.807, 2.05) is 6.07 Å². The van der Waals surface area contributed by atoms with Crippen molar-refractivity contribution in [3.8, 4) is 11.5 Å². The third-order valence-corrected chi connectivity index (χ3v) is 3.03. The molecule has 0 aliphatic heterocycles. The van der Waals surface area contributed by atoms with Crippen LogP contribution in [0, 0.1) is 5.82 Å². The molecule has 0 aliphatic rings. The molecule has 0 bridgehead atoms. The van der Waals surface area contributed by atoms with Crippen LogP contribution in [0.25, 0.3) is 33.5 Å². The average Bonchev–Trinajstić information content (AvgIpc) is 3.00. The van der Waals surface area contributed by atoms with Gasteiger partial charge >= 0.3 is 0 Å². The lowest BCUT2D eigenvalue weighted by Gasteiger charge is -1.92. The van der Waals surface area contributed by atoms with E-state index in [1.54, 1.807) is 18.5 Å². The first kappa shape index (κ1) is 10.2. The molecule has 0 unspecified atom stereocenters. The maximum absolute atomic E-state index is 13.3. The van der Waals surface area contributed by atoms with Gasteiger partial charge in [0.15, 0.2) is 5.82 Å². The van der Waals surface area contributed by atoms with E-state index in [2.05, 4.69) is 25.1 Å². The van der Waals surface area contributed by atoms with Crippen LogP contribution in [0.5, 0.6) is 0 Å². The number of H-pyrrole nitrogens is 2. The van der Waals surface area contributed by atoms with Gasteiger partial charge in [-0.15, -0.1) is 0 Å². The molecule has 3 aromatic heterocycles. The summed E-state index contributed by atoms with van der Waals surface area (Å²) in [5, 5.41) is 7.76. The van der Waals surface area contributed by atoms with Crippen LogP contribution in [-0.2, 0) is 0 Å². The largest absolute Gasteiger partial charge is 0.335 e. The highest BCUT2D eigenvalue weighted by Crippen LogP contribution is 2.26. The molecule has 0 atom stereocenters. The van der Waals surface area contributed by atoms with Gasteiger partial charge in [0.1, 0.15) is 11.5 Å². The van der Waals surface area contributed by atoms with Gasteiger partial charge in [0.25, 0.3) is 0 Å². The van der Waals surface area contributed by atoms with Crippen LogP contribution < -0.4 is 0 Å². The number of pyridine rings is 1. The van der Waals surface area contributed by atoms with Gasteiger partial charge in [0, 0.05) is 11.6 Å². The summed E-state index contributed by atoms with van der Waals surface area (Å²) in [7, 11) is 0. The summed E-state index contributed by atoms with van der Waals surface area (Å²) in [5.41, 5.74) is 3.00. The van der Waals surface area contributed by atoms with Gasteiger partial charge in [0.2, 0.25) is 0 Å². The topological polar surface area (TPSA) is 70.2 Å². The maximum Gasteiger partial charge on any atom is 0.159 e. The van der Waals surface area contributed by atoms with Gasteiger partial charge in [-0.05, 0) is 24.3 Å². The molecule has 0 spiro atoms. The Hall–Kier alpha value is -2.76. The minimum absolute atomic E-state index is 0.298. The molecule has 92 valence electrons. The van der Waals surface area contributed by atoms with E-state index in [0.717, 1.165) is 16.6 Å². The number of hydrogen-bond acceptors (Lipinski definition) is 3. The number of hydrogen-bond donors (Lipinski definition) is 2. The lowest BCUT2D eigenvalue weighted by Crippen LogP contribution is -1.81. The quantitative estimate of drug-likeness (QED) is 0.548. The summed E-state index contributed by atoms with van der Waals surface area (Å²) in [6, 6.07) is 6.31. The van der Waals surface area contributed by atoms with Gasteiger partial charge < -0.3 is 4.98 Å². The molecule has 0 aliphatic carbocycles. The average molecular weight is 253 g/mol. The third-order valence-electron chi connectivity index (χ3n) is 3.03. The van der Waals surface area contributed by atoms with Gasteiger partial charge in [-0.1, -0.05) is 0 Å². The van der Waals surface area contributed by atoms with Crippen LogP contribution in [0.15, 0.2) is 36.7 Å². The van der Waals surface area contributed by atoms with Crippen molar-refractivity contribution in [2.75, 3.05) is 0 Å². The van der Waals surface area contributed by atoms with Crippen molar-refractivity contribution in [1.82, 2.24) is 25.1 Å². The molecule has 2 N–H and O–H groups in total. The summed E-state index contributed by atoms with van der Waals surface area (Å²) in [6.45, 7) is 0. The number of imidazole rings is 1. The molecule has 0 saturated heterocycles. The smallest absolute Gasteiger partial charge is 0.159 e. The van der Waals surface area contributed by atoms with E-state index >= 15 is 0 Å². The van der Waals surface area contributed by atoms with E-state index in [9.17, 15) is 4.39 Å². The molecular formula is C13H8FN5. The minimum atomic E-state index is -0.298. The summed E-state index contributed by atoms with van der Waals surface area (Å²) in [5.74, 6) is 0.299. The van der Waals surface area contributed by atoms with Gasteiger partial charge in [-0.3, -0.25) is 10.1 Å². The summed E-state index contributed by atoms with van der Waals surface area (Å²) < 4.78 is 13.3. The Morgan fingerprint density at radius 3 is 2.95 bits per heavy atom. The molecule has 19 heavy (non-hydrogen) atoms. The van der Waals surface area contributed by atoms with E-state index in [1.165, 1.54) is 12.1 Å². The Morgan fingerprint density at radius 1 is 1.11 bits per heavy atom. The third kappa shape index (κ3) is 1.50. The first-order chi connectivity index (χ1) is 9.31. The minimum Gasteiger partial charge on any atom is -0.335 e. The van der Waals surface area contributed by atoms with Crippen molar-refractivity contribution >= 4 is 21.9 Å². The standard InChI is InChI=1S/C13H8FN5/c14-7-1-2-9-8(5-7)12(19-18-9)13-16-10-3-4-15-6-11(10)17-13/h1-6H,(H,16,17)(H,18,19). The van der Waals surface area contributed by atoms with Gasteiger partial charge in [-0.2, -0.15) is 5.10 Å². The monoisotopic (exact) mass is 253 g/mol. The number of nitrogens with zero attached hydrogens (tertiary/aromatic N) is 3. The molecule has 4 rings (SSSR count). The van der Waals surface area contributed by atoms with Crippen LogP contribution in [0.2, 0.25) is 0 Å². The number of aromatic amines is 2. The molecule has 4 aromatic rings. The number of aromatic nitrogens is 5. The first-order valence-corrected chi connectivity index (χ1v) is 5.75. The van der Waals surface area contributed by atoms with E-state index in [4.69, 9.17) is 0 Å². The molecule has 0 radical (unpaired) electrons. The fourth-order valence-electron chi connectivity index (χ4n) is 2.14. The zero-order chi connectivity index (χ0) is 12.8. The predicted molar refractivity (Wildman–Crippen MR) is 68.9 cm³/mol. The van der Waals surface area contributed by atoms with Crippen molar-refractivity contribution in [1.29, 1.82) is 0 Å². The highest BCUT2D eigenvalue weighted by atomic mass is 19.1. The fraction of sp³-hybridized carbons (Fsp3) is 0. The van der Waals surface area contributed by atoms with Crippen LogP contribution in [0.1, 0.15) is 0 Å². The molecule has 5 nitrogen and oxygen atoms in total. The summed E-state index contributed by atoms with van der Waals surface area (Å²) in [4.78, 5) is 11.6. The Kier molecular flexibility index (Phi) is 1.94. The SMILES string of the molecule is Fc1ccc2[nH]nc(-c3nc4ccncc4[nH]3)c2c1. The van der Waals surface area contributed by atoms with Crippen molar-refractivity contribution < 1.29 is 4.39 Å². The number of rotatable bonds is 1. The Balaban J connectivity index is 2.00. The fourth-order valence-corrected chi connectivity index (χ4v) is 2.14. The van der Waals surface area contributed by atoms with Crippen molar-refractivity contribution in [3.63, 3.8) is 0 Å². The molecule has 1 aromatic carbocycles. The lowest BCUT2D eigenvalue weighted by atomic mass is 10.2. The number of benzene rings is 1. The van der Waals surface area contributed by atoms with Crippen molar-refractivity contribution in [2.45, 2.75) is 0 Å². The first-order valence-electron chi connectivity index (χ1n) is 5.75. The normalized spacial score (nSPS) is 11.4. The predicted octanol–water partition coefficient (Wildman–Crippen LogP) is 2.64. The summed E-state index contributed by atoms with van der Waals surface area (Å²) in [6.07, 6.45) is 3.37. The van der Waals surface area contributed by atoms with Crippen LogP contribution in [0.3, 0.4) is 0 Å². The summed E-state index contributed by atoms with van der Waals surface area (Å²) >= 11 is 0. The zero-order valence-electron chi connectivity index (χ0n) is 9.68. The Bertz CT molecular complexity index is 859. The van der Waals surface area contributed by atoms with E-state index in [-0.39, 0.29) is 5.82 Å². The molecule has 0 saturated carbocycles. The molecule has 6 heteroatoms. The Labute approximate surface area is 106 Å². The van der Waals surface area contributed by atoms with Gasteiger partial charge in [0.05, 0.1) is 22.7 Å². The number of nitrogens with one attached hydrogen (secondary N) is 2. The highest BCUT2D eigenvalue weighted by molar-refractivity contribution is 5.92. The zero-order valence-corrected chi connectivity index (χ0v) is 9.68. The number of halogens is 1. The van der Waals surface area contributed by atoms with Crippen LogP contribution >= 0.6 is 0 Å². The Morgan fingerprint density at radius 2 is 2.05 bits per heavy atom. The number of fused-ring (bicyclic) bond motifs is 2. The van der Waals surface area contributed by atoms with E-state index < -0.39 is 0 Å². The molecule has 3 heterocycles. The molecule has 0 amide bonds. The second-order valence-corrected chi connectivity index (χ2v) is 4.24. The second kappa shape index (κ2) is 3.61. The van der Waals surface area contributed by atoms with Crippen LogP contribution in [0.4, 0.5) is 4.39 Å². The lowest BCUT2D eigenvalue weighted by molar-refractivity contribution is 0.630. The van der Waals surface area contributed by atoms with Crippen molar-refractivity contribution in [2.24, 2.45) is 0 Å². The highest BCUT2D eigenvalue weighted by Gasteiger charge is 2.12. The van der Waals surface area contributed by atoms with E-state index in [0.29, 0.717) is 16.9 Å². The van der Waals surface area contributed by atoms with Gasteiger partial charge in [-0.25, -0.2) is 9.37 Å². The van der Waals surface area contributed by atoms with Crippen LogP contribution in [-0.4, -0.2) is 25.1 Å².